The van der Waals surface area contributed by atoms with Gasteiger partial charge in [-0.05, 0) is 40.2 Å². The van der Waals surface area contributed by atoms with E-state index in [0.717, 1.165) is 0 Å². The highest BCUT2D eigenvalue weighted by molar-refractivity contribution is 9.10. The molecule has 0 atom stereocenters. The number of halogens is 2. The molecule has 0 saturated carbocycles. The molecule has 1 heterocycles. The summed E-state index contributed by atoms with van der Waals surface area (Å²) in [6, 6.07) is 7.71. The van der Waals surface area contributed by atoms with Crippen molar-refractivity contribution in [2.24, 2.45) is 0 Å². The molecule has 8 heteroatoms. The van der Waals surface area contributed by atoms with Gasteiger partial charge in [0, 0.05) is 0 Å². The van der Waals surface area contributed by atoms with E-state index in [1.54, 1.807) is 18.2 Å². The summed E-state index contributed by atoms with van der Waals surface area (Å²) in [6.45, 7) is 0. The maximum atomic E-state index is 12.2. The number of nitrogens with two attached hydrogens (primary N) is 1. The van der Waals surface area contributed by atoms with Gasteiger partial charge in [0.15, 0.2) is 0 Å². The molecule has 100 valence electrons. The van der Waals surface area contributed by atoms with E-state index in [1.807, 2.05) is 0 Å². The van der Waals surface area contributed by atoms with Gasteiger partial charge < -0.3 is 5.73 Å². The summed E-state index contributed by atoms with van der Waals surface area (Å²) < 4.78 is 27.4. The van der Waals surface area contributed by atoms with Gasteiger partial charge in [0.25, 0.3) is 10.0 Å². The van der Waals surface area contributed by atoms with Crippen molar-refractivity contribution >= 4 is 48.9 Å². The summed E-state index contributed by atoms with van der Waals surface area (Å²) in [5.41, 5.74) is 6.07. The highest BCUT2D eigenvalue weighted by Crippen LogP contribution is 2.28. The maximum Gasteiger partial charge on any atom is 0.265 e. The van der Waals surface area contributed by atoms with Crippen molar-refractivity contribution in [2.45, 2.75) is 4.90 Å². The van der Waals surface area contributed by atoms with Crippen molar-refractivity contribution in [3.05, 3.63) is 46.2 Å². The largest absolute Gasteiger partial charge is 0.398 e. The van der Waals surface area contributed by atoms with Gasteiger partial charge in [0.2, 0.25) is 0 Å². The van der Waals surface area contributed by atoms with Crippen molar-refractivity contribution < 1.29 is 8.42 Å². The average Bonchev–Trinajstić information content (AvgIpc) is 2.31. The summed E-state index contributed by atoms with van der Waals surface area (Å²) in [4.78, 5) is 3.79. The molecule has 0 saturated heterocycles. The first-order valence-corrected chi connectivity index (χ1v) is 7.74. The number of pyridine rings is 1. The Balaban J connectivity index is 2.41. The minimum absolute atomic E-state index is 0.0672. The third-order valence-electron chi connectivity index (χ3n) is 2.25. The number of nitrogens with zero attached hydrogens (tertiary/aromatic N) is 1. The molecule has 0 radical (unpaired) electrons. The number of nitrogen functional groups attached to an aromatic ring is 1. The smallest absolute Gasteiger partial charge is 0.265 e. The standard InChI is InChI=1S/C11H9BrClN3O2S/c12-10-5-4-7(6-15-10)16-19(17,18)11-8(13)2-1-3-9(11)14/h1-6,16H,14H2. The molecule has 0 unspecified atom stereocenters. The van der Waals surface area contributed by atoms with Crippen molar-refractivity contribution in [3.8, 4) is 0 Å². The maximum absolute atomic E-state index is 12.2. The van der Waals surface area contributed by atoms with Crippen molar-refractivity contribution in [2.75, 3.05) is 10.5 Å². The van der Waals surface area contributed by atoms with Crippen molar-refractivity contribution in [3.63, 3.8) is 0 Å². The summed E-state index contributed by atoms with van der Waals surface area (Å²) in [7, 11) is -3.85. The molecule has 0 spiro atoms. The number of rotatable bonds is 3. The van der Waals surface area contributed by atoms with Gasteiger partial charge in [-0.15, -0.1) is 0 Å². The second kappa shape index (κ2) is 5.36. The summed E-state index contributed by atoms with van der Waals surface area (Å²) >= 11 is 9.05. The summed E-state index contributed by atoms with van der Waals surface area (Å²) in [6.07, 6.45) is 1.38. The first kappa shape index (κ1) is 14.1. The Morgan fingerprint density at radius 3 is 2.58 bits per heavy atom. The minimum atomic E-state index is -3.85. The number of anilines is 2. The molecule has 2 rings (SSSR count). The third-order valence-corrected chi connectivity index (χ3v) is 4.64. The fourth-order valence-corrected chi connectivity index (χ4v) is 3.41. The summed E-state index contributed by atoms with van der Waals surface area (Å²) in [5, 5.41) is 0.0672. The highest BCUT2D eigenvalue weighted by atomic mass is 79.9. The van der Waals surface area contributed by atoms with Crippen LogP contribution in [0.3, 0.4) is 0 Å². The van der Waals surface area contributed by atoms with Crippen LogP contribution < -0.4 is 10.5 Å². The number of aromatic nitrogens is 1. The highest BCUT2D eigenvalue weighted by Gasteiger charge is 2.21. The zero-order valence-electron chi connectivity index (χ0n) is 9.47. The van der Waals surface area contributed by atoms with E-state index >= 15 is 0 Å². The van der Waals surface area contributed by atoms with Crippen LogP contribution in [-0.4, -0.2) is 13.4 Å². The quantitative estimate of drug-likeness (QED) is 0.649. The van der Waals surface area contributed by atoms with E-state index in [9.17, 15) is 8.42 Å². The summed E-state index contributed by atoms with van der Waals surface area (Å²) in [5.74, 6) is 0. The van der Waals surface area contributed by atoms with E-state index in [4.69, 9.17) is 17.3 Å². The Morgan fingerprint density at radius 2 is 2.00 bits per heavy atom. The molecule has 1 aromatic heterocycles. The van der Waals surface area contributed by atoms with E-state index in [2.05, 4.69) is 25.6 Å². The fraction of sp³-hybridized carbons (Fsp3) is 0. The molecular weight excluding hydrogens is 354 g/mol. The van der Waals surface area contributed by atoms with Crippen LogP contribution in [0.25, 0.3) is 0 Å². The zero-order chi connectivity index (χ0) is 14.0. The van der Waals surface area contributed by atoms with Crippen LogP contribution in [-0.2, 0) is 10.0 Å². The SMILES string of the molecule is Nc1cccc(Cl)c1S(=O)(=O)Nc1ccc(Br)nc1. The molecule has 0 aliphatic rings. The van der Waals surface area contributed by atoms with Crippen LogP contribution in [0, 0.1) is 0 Å². The number of sulfonamides is 1. The Labute approximate surface area is 124 Å². The van der Waals surface area contributed by atoms with E-state index in [1.165, 1.54) is 18.3 Å². The lowest BCUT2D eigenvalue weighted by Crippen LogP contribution is -2.15. The molecule has 5 nitrogen and oxygen atoms in total. The van der Waals surface area contributed by atoms with Gasteiger partial charge >= 0.3 is 0 Å². The van der Waals surface area contributed by atoms with Gasteiger partial charge in [-0.3, -0.25) is 4.72 Å². The van der Waals surface area contributed by atoms with E-state index < -0.39 is 10.0 Å². The zero-order valence-corrected chi connectivity index (χ0v) is 12.6. The molecule has 0 aliphatic heterocycles. The second-order valence-corrected chi connectivity index (χ2v) is 6.47. The van der Waals surface area contributed by atoms with Gasteiger partial charge in [-0.2, -0.15) is 0 Å². The van der Waals surface area contributed by atoms with Gasteiger partial charge in [0.1, 0.15) is 9.50 Å². The first-order valence-electron chi connectivity index (χ1n) is 5.08. The van der Waals surface area contributed by atoms with Crippen LogP contribution in [0.15, 0.2) is 46.0 Å². The Kier molecular flexibility index (Phi) is 3.98. The number of hydrogen-bond acceptors (Lipinski definition) is 4. The van der Waals surface area contributed by atoms with E-state index in [-0.39, 0.29) is 15.6 Å². The van der Waals surface area contributed by atoms with Crippen LogP contribution >= 0.6 is 27.5 Å². The van der Waals surface area contributed by atoms with Crippen molar-refractivity contribution in [1.29, 1.82) is 0 Å². The molecule has 3 N–H and O–H groups in total. The number of nitrogens with one attached hydrogen (secondary N) is 1. The minimum Gasteiger partial charge on any atom is -0.398 e. The van der Waals surface area contributed by atoms with E-state index in [0.29, 0.717) is 10.3 Å². The van der Waals surface area contributed by atoms with Gasteiger partial charge in [0.05, 0.1) is 22.6 Å². The Hall–Kier alpha value is -1.31. The molecule has 0 amide bonds. The van der Waals surface area contributed by atoms with Crippen molar-refractivity contribution in [1.82, 2.24) is 4.98 Å². The molecule has 0 fully saturated rings. The fourth-order valence-electron chi connectivity index (χ4n) is 1.45. The monoisotopic (exact) mass is 361 g/mol. The lowest BCUT2D eigenvalue weighted by molar-refractivity contribution is 0.601. The molecule has 0 bridgehead atoms. The van der Waals surface area contributed by atoms with Crippen LogP contribution in [0.2, 0.25) is 5.02 Å². The second-order valence-electron chi connectivity index (χ2n) is 3.63. The molecule has 0 aliphatic carbocycles. The predicted molar refractivity (Wildman–Crippen MR) is 78.6 cm³/mol. The normalized spacial score (nSPS) is 11.3. The lowest BCUT2D eigenvalue weighted by Gasteiger charge is -2.11. The number of benzene rings is 1. The third kappa shape index (κ3) is 3.17. The predicted octanol–water partition coefficient (Wildman–Crippen LogP) is 2.88. The Bertz CT molecular complexity index is 684. The average molecular weight is 363 g/mol. The van der Waals surface area contributed by atoms with Crippen LogP contribution in [0.4, 0.5) is 11.4 Å². The molecule has 1 aromatic carbocycles. The van der Waals surface area contributed by atoms with Gasteiger partial charge in [-0.25, -0.2) is 13.4 Å². The first-order chi connectivity index (χ1) is 8.90. The molecular formula is C11H9BrClN3O2S. The molecule has 2 aromatic rings. The lowest BCUT2D eigenvalue weighted by atomic mass is 10.3. The Morgan fingerprint density at radius 1 is 1.26 bits per heavy atom. The van der Waals surface area contributed by atoms with Gasteiger partial charge in [-0.1, -0.05) is 17.7 Å². The molecule has 19 heavy (non-hydrogen) atoms. The topological polar surface area (TPSA) is 85.1 Å². The number of hydrogen-bond donors (Lipinski definition) is 2. The van der Waals surface area contributed by atoms with Crippen LogP contribution in [0.1, 0.15) is 0 Å². The van der Waals surface area contributed by atoms with Crippen LogP contribution in [0.5, 0.6) is 0 Å².